The highest BCUT2D eigenvalue weighted by Gasteiger charge is 2.28. The van der Waals surface area contributed by atoms with Crippen molar-refractivity contribution in [2.45, 2.75) is 19.9 Å². The third kappa shape index (κ3) is 4.26. The van der Waals surface area contributed by atoms with Gasteiger partial charge in [0.1, 0.15) is 5.52 Å². The van der Waals surface area contributed by atoms with E-state index in [1.807, 2.05) is 30.5 Å². The molecule has 1 saturated heterocycles. The number of pyridine rings is 2. The number of carbonyl (C=O) groups excluding carboxylic acids is 1. The minimum Gasteiger partial charge on any atom is -0.469 e. The maximum atomic E-state index is 11.7. The highest BCUT2D eigenvalue weighted by molar-refractivity contribution is 9.10. The van der Waals surface area contributed by atoms with E-state index in [1.54, 1.807) is 6.20 Å². The Kier molecular flexibility index (Phi) is 5.78. The number of aromatic nitrogens is 2. The van der Waals surface area contributed by atoms with E-state index in [4.69, 9.17) is 4.74 Å². The molecule has 7 heteroatoms. The molecule has 1 atom stereocenters. The van der Waals surface area contributed by atoms with Gasteiger partial charge in [0.15, 0.2) is 5.82 Å². The molecule has 0 spiro atoms. The normalized spacial score (nSPS) is 16.9. The standard InChI is InChI=1S/C22H23BrN4O2/c1-14-18(23)4-3-5-19(14)26-21-20-16(6-8-24-21)10-15(11-25-20)12-27-9-7-17(13-27)22(28)29-2/h3-6,8,10-11,17H,7,9,12-13H2,1-2H3,(H,24,26)/t17-/m1/s1. The number of fused-ring (bicyclic) bond motifs is 1. The minimum atomic E-state index is -0.117. The van der Waals surface area contributed by atoms with Gasteiger partial charge in [-0.1, -0.05) is 22.0 Å². The summed E-state index contributed by atoms with van der Waals surface area (Å²) in [6.45, 7) is 4.45. The number of hydrogen-bond acceptors (Lipinski definition) is 6. The van der Waals surface area contributed by atoms with E-state index in [-0.39, 0.29) is 11.9 Å². The number of esters is 1. The quantitative estimate of drug-likeness (QED) is 0.574. The highest BCUT2D eigenvalue weighted by atomic mass is 79.9. The number of methoxy groups -OCH3 is 1. The van der Waals surface area contributed by atoms with Crippen molar-refractivity contribution in [3.8, 4) is 0 Å². The maximum absolute atomic E-state index is 11.7. The summed E-state index contributed by atoms with van der Waals surface area (Å²) in [5, 5.41) is 4.45. The number of rotatable bonds is 5. The van der Waals surface area contributed by atoms with Crippen molar-refractivity contribution in [3.05, 3.63) is 58.3 Å². The number of carbonyl (C=O) groups is 1. The van der Waals surface area contributed by atoms with E-state index >= 15 is 0 Å². The molecule has 6 nitrogen and oxygen atoms in total. The number of hydrogen-bond donors (Lipinski definition) is 1. The van der Waals surface area contributed by atoms with Crippen molar-refractivity contribution in [2.75, 3.05) is 25.5 Å². The Morgan fingerprint density at radius 3 is 3.03 bits per heavy atom. The number of benzene rings is 1. The number of nitrogens with one attached hydrogen (secondary N) is 1. The Bertz CT molecular complexity index is 1060. The lowest BCUT2D eigenvalue weighted by atomic mass is 10.1. The molecule has 1 aromatic carbocycles. The van der Waals surface area contributed by atoms with Crippen LogP contribution in [0.5, 0.6) is 0 Å². The van der Waals surface area contributed by atoms with Crippen LogP contribution in [-0.2, 0) is 16.1 Å². The van der Waals surface area contributed by atoms with E-state index in [9.17, 15) is 4.79 Å². The number of ether oxygens (including phenoxy) is 1. The molecule has 3 heterocycles. The van der Waals surface area contributed by atoms with Gasteiger partial charge in [0.2, 0.25) is 0 Å². The monoisotopic (exact) mass is 454 g/mol. The number of halogens is 1. The zero-order valence-corrected chi connectivity index (χ0v) is 18.1. The summed E-state index contributed by atoms with van der Waals surface area (Å²) >= 11 is 3.57. The molecule has 1 aliphatic rings. The molecule has 3 aromatic rings. The second-order valence-corrected chi connectivity index (χ2v) is 8.21. The van der Waals surface area contributed by atoms with Crippen LogP contribution in [0.2, 0.25) is 0 Å². The molecule has 1 aliphatic heterocycles. The molecular weight excluding hydrogens is 432 g/mol. The first-order valence-corrected chi connectivity index (χ1v) is 10.4. The second kappa shape index (κ2) is 8.47. The summed E-state index contributed by atoms with van der Waals surface area (Å²) in [6, 6.07) is 10.2. The number of anilines is 2. The molecule has 0 amide bonds. The van der Waals surface area contributed by atoms with Crippen LogP contribution >= 0.6 is 15.9 Å². The van der Waals surface area contributed by atoms with Crippen molar-refractivity contribution in [1.29, 1.82) is 0 Å². The van der Waals surface area contributed by atoms with Crippen molar-refractivity contribution in [3.63, 3.8) is 0 Å². The van der Waals surface area contributed by atoms with Crippen molar-refractivity contribution in [2.24, 2.45) is 5.92 Å². The summed E-state index contributed by atoms with van der Waals surface area (Å²) in [5.41, 5.74) is 4.08. The molecule has 0 radical (unpaired) electrons. The lowest BCUT2D eigenvalue weighted by Crippen LogP contribution is -2.23. The van der Waals surface area contributed by atoms with Gasteiger partial charge in [-0.25, -0.2) is 4.98 Å². The van der Waals surface area contributed by atoms with Crippen molar-refractivity contribution >= 4 is 44.3 Å². The first-order chi connectivity index (χ1) is 14.0. The largest absolute Gasteiger partial charge is 0.469 e. The van der Waals surface area contributed by atoms with Gasteiger partial charge in [-0.15, -0.1) is 0 Å². The lowest BCUT2D eigenvalue weighted by molar-refractivity contribution is -0.144. The molecule has 0 aliphatic carbocycles. The zero-order chi connectivity index (χ0) is 20.4. The molecule has 1 fully saturated rings. The van der Waals surface area contributed by atoms with E-state index in [0.717, 1.165) is 64.1 Å². The fourth-order valence-electron chi connectivity index (χ4n) is 3.75. The van der Waals surface area contributed by atoms with Crippen LogP contribution in [0.3, 0.4) is 0 Å². The Balaban J connectivity index is 1.54. The predicted molar refractivity (Wildman–Crippen MR) is 117 cm³/mol. The van der Waals surface area contributed by atoms with E-state index < -0.39 is 0 Å². The average Bonchev–Trinajstić information content (AvgIpc) is 3.19. The molecule has 0 bridgehead atoms. The van der Waals surface area contributed by atoms with E-state index in [0.29, 0.717) is 0 Å². The maximum Gasteiger partial charge on any atom is 0.310 e. The van der Waals surface area contributed by atoms with Gasteiger partial charge in [-0.2, -0.15) is 0 Å². The van der Waals surface area contributed by atoms with E-state index in [2.05, 4.69) is 49.1 Å². The molecule has 29 heavy (non-hydrogen) atoms. The highest BCUT2D eigenvalue weighted by Crippen LogP contribution is 2.29. The average molecular weight is 455 g/mol. The van der Waals surface area contributed by atoms with Gasteiger partial charge >= 0.3 is 5.97 Å². The predicted octanol–water partition coefficient (Wildman–Crippen LogP) is 4.44. The van der Waals surface area contributed by atoms with Gasteiger partial charge in [0, 0.05) is 41.0 Å². The lowest BCUT2D eigenvalue weighted by Gasteiger charge is -2.16. The first kappa shape index (κ1) is 19.8. The summed E-state index contributed by atoms with van der Waals surface area (Å²) in [6.07, 6.45) is 4.54. The SMILES string of the molecule is COC(=O)[C@@H]1CCN(Cc2cnc3c(Nc4cccc(Br)c4C)nccc3c2)C1. The molecule has 150 valence electrons. The summed E-state index contributed by atoms with van der Waals surface area (Å²) < 4.78 is 5.92. The topological polar surface area (TPSA) is 67.3 Å². The van der Waals surface area contributed by atoms with Crippen LogP contribution in [0.4, 0.5) is 11.5 Å². The van der Waals surface area contributed by atoms with Gasteiger partial charge in [0.05, 0.1) is 13.0 Å². The van der Waals surface area contributed by atoms with Crippen molar-refractivity contribution < 1.29 is 9.53 Å². The van der Waals surface area contributed by atoms with Crippen LogP contribution in [0.25, 0.3) is 10.9 Å². The van der Waals surface area contributed by atoms with Crippen LogP contribution < -0.4 is 5.32 Å². The smallest absolute Gasteiger partial charge is 0.310 e. The fourth-order valence-corrected chi connectivity index (χ4v) is 4.11. The van der Waals surface area contributed by atoms with Gasteiger partial charge in [0.25, 0.3) is 0 Å². The fraction of sp³-hybridized carbons (Fsp3) is 0.318. The summed E-state index contributed by atoms with van der Waals surface area (Å²) in [4.78, 5) is 23.2. The van der Waals surface area contributed by atoms with Crippen LogP contribution in [-0.4, -0.2) is 41.0 Å². The molecule has 0 unspecified atom stereocenters. The number of nitrogens with zero attached hydrogens (tertiary/aromatic N) is 3. The van der Waals surface area contributed by atoms with E-state index in [1.165, 1.54) is 7.11 Å². The zero-order valence-electron chi connectivity index (χ0n) is 16.5. The third-order valence-electron chi connectivity index (χ3n) is 5.39. The molecule has 0 saturated carbocycles. The minimum absolute atomic E-state index is 0.0261. The number of likely N-dealkylation sites (tertiary alicyclic amines) is 1. The Labute approximate surface area is 178 Å². The second-order valence-electron chi connectivity index (χ2n) is 7.36. The Hall–Kier alpha value is -2.51. The Morgan fingerprint density at radius 1 is 1.34 bits per heavy atom. The summed E-state index contributed by atoms with van der Waals surface area (Å²) in [5.74, 6) is 0.595. The summed E-state index contributed by atoms with van der Waals surface area (Å²) in [7, 11) is 1.45. The Morgan fingerprint density at radius 2 is 2.21 bits per heavy atom. The van der Waals surface area contributed by atoms with Gasteiger partial charge < -0.3 is 10.1 Å². The molecule has 4 rings (SSSR count). The van der Waals surface area contributed by atoms with Crippen molar-refractivity contribution in [1.82, 2.24) is 14.9 Å². The van der Waals surface area contributed by atoms with Gasteiger partial charge in [-0.3, -0.25) is 14.7 Å². The van der Waals surface area contributed by atoms with Crippen LogP contribution in [0.1, 0.15) is 17.5 Å². The third-order valence-corrected chi connectivity index (χ3v) is 6.25. The molecule has 2 aromatic heterocycles. The van der Waals surface area contributed by atoms with Gasteiger partial charge in [-0.05, 0) is 55.3 Å². The van der Waals surface area contributed by atoms with Crippen LogP contribution in [0, 0.1) is 12.8 Å². The molecule has 1 N–H and O–H groups in total. The first-order valence-electron chi connectivity index (χ1n) is 9.61. The molecular formula is C22H23BrN4O2. The van der Waals surface area contributed by atoms with Crippen LogP contribution in [0.15, 0.2) is 47.2 Å².